The largest absolute Gasteiger partial charge is 0.524 e. The number of alkyl halides is 2. The first-order chi connectivity index (χ1) is 32.3. The first kappa shape index (κ1) is 49.9. The first-order valence-corrected chi connectivity index (χ1v) is 25.1. The minimum Gasteiger partial charge on any atom is -0.445 e. The number of halogens is 2. The van der Waals surface area contributed by atoms with Crippen molar-refractivity contribution in [3.63, 3.8) is 0 Å². The fourth-order valence-electron chi connectivity index (χ4n) is 8.41. The van der Waals surface area contributed by atoms with Gasteiger partial charge < -0.3 is 40.0 Å². The lowest BCUT2D eigenvalue weighted by Gasteiger charge is -2.27. The summed E-state index contributed by atoms with van der Waals surface area (Å²) in [5, 5.41) is 6.99. The molecule has 2 atom stereocenters. The Morgan fingerprint density at radius 3 is 1.62 bits per heavy atom. The molecule has 0 bridgehead atoms. The number of primary amides is 1. The number of unbranched alkanes of at least 4 members (excludes halogenated alkanes) is 1. The number of hydrogen-bond acceptors (Lipinski definition) is 10. The molecule has 6 amide bonds. The molecule has 0 radical (unpaired) electrons. The van der Waals surface area contributed by atoms with Gasteiger partial charge in [0.2, 0.25) is 17.7 Å². The van der Waals surface area contributed by atoms with Gasteiger partial charge in [-0.1, -0.05) is 60.7 Å². The first-order valence-electron chi connectivity index (χ1n) is 21.0. The summed E-state index contributed by atoms with van der Waals surface area (Å²) in [6, 6.07) is 21.7. The predicted octanol–water partition coefficient (Wildman–Crippen LogP) is 6.39. The highest BCUT2D eigenvalue weighted by atomic mass is 35.5. The summed E-state index contributed by atoms with van der Waals surface area (Å²) < 4.78 is 39.9. The van der Waals surface area contributed by atoms with Crippen molar-refractivity contribution in [1.82, 2.24) is 10.2 Å². The SMILES string of the molecule is NC(=O)NCCCCC(=O)Nc1ccc(COC(=O)N(CC(=O)N2CC(CCl)c3c2cc(OP(=O)(O)O)c2ccccc32)CC(=O)N2CC(CCl)c3c2cc(OP(=O)(O)O)c2ccccc32)cc1. The summed E-state index contributed by atoms with van der Waals surface area (Å²) >= 11 is 12.9. The Hall–Kier alpha value is -5.95. The molecular weight excluding hydrogens is 969 g/mol. The number of amides is 6. The molecule has 0 saturated carbocycles. The quantitative estimate of drug-likeness (QED) is 0.0285. The number of fused-ring (bicyclic) bond motifs is 6. The molecule has 0 aromatic heterocycles. The van der Waals surface area contributed by atoms with Gasteiger partial charge in [-0.05, 0) is 52.4 Å². The van der Waals surface area contributed by atoms with E-state index in [1.54, 1.807) is 72.8 Å². The van der Waals surface area contributed by atoms with Gasteiger partial charge in [-0.2, -0.15) is 0 Å². The van der Waals surface area contributed by atoms with Gasteiger partial charge in [0, 0.05) is 78.2 Å². The summed E-state index contributed by atoms with van der Waals surface area (Å²) in [7, 11) is -10.2. The molecule has 360 valence electrons. The second kappa shape index (κ2) is 21.1. The van der Waals surface area contributed by atoms with Gasteiger partial charge in [-0.3, -0.25) is 38.9 Å². The van der Waals surface area contributed by atoms with E-state index in [1.807, 2.05) is 0 Å². The fourth-order valence-corrected chi connectivity index (χ4v) is 9.72. The number of rotatable bonds is 18. The number of carbonyl (C=O) groups excluding carboxylic acids is 5. The maximum atomic E-state index is 14.5. The molecule has 2 unspecified atom stereocenters. The molecule has 8 N–H and O–H groups in total. The maximum absolute atomic E-state index is 14.5. The average Bonchev–Trinajstić information content (AvgIpc) is 3.86. The summed E-state index contributed by atoms with van der Waals surface area (Å²) in [6.07, 6.45) is 0.162. The van der Waals surface area contributed by atoms with Crippen molar-refractivity contribution < 1.29 is 66.5 Å². The van der Waals surface area contributed by atoms with Crippen molar-refractivity contribution in [1.29, 1.82) is 0 Å². The van der Waals surface area contributed by atoms with Crippen LogP contribution in [0, 0.1) is 0 Å². The number of anilines is 3. The predicted molar refractivity (Wildman–Crippen MR) is 253 cm³/mol. The van der Waals surface area contributed by atoms with Crippen LogP contribution in [0.25, 0.3) is 21.5 Å². The van der Waals surface area contributed by atoms with Gasteiger partial charge in [0.1, 0.15) is 31.2 Å². The van der Waals surface area contributed by atoms with E-state index in [9.17, 15) is 52.7 Å². The Morgan fingerprint density at radius 2 is 1.18 bits per heavy atom. The minimum absolute atomic E-state index is 0.000424. The fraction of sp³-hybridized carbons (Fsp3) is 0.295. The van der Waals surface area contributed by atoms with Gasteiger partial charge in [-0.25, -0.2) is 18.7 Å². The van der Waals surface area contributed by atoms with Crippen molar-refractivity contribution in [2.24, 2.45) is 5.73 Å². The molecule has 0 spiro atoms. The summed E-state index contributed by atoms with van der Waals surface area (Å²) in [6.45, 7) is -1.48. The van der Waals surface area contributed by atoms with Gasteiger partial charge in [0.25, 0.3) is 0 Å². The number of phosphoric ester groups is 2. The molecule has 68 heavy (non-hydrogen) atoms. The van der Waals surface area contributed by atoms with E-state index >= 15 is 0 Å². The molecule has 5 aromatic rings. The molecule has 2 aliphatic rings. The van der Waals surface area contributed by atoms with Crippen LogP contribution in [0.2, 0.25) is 0 Å². The maximum Gasteiger partial charge on any atom is 0.524 e. The summed E-state index contributed by atoms with van der Waals surface area (Å²) in [5.74, 6) is -2.94. The summed E-state index contributed by atoms with van der Waals surface area (Å²) in [4.78, 5) is 109. The Bertz CT molecular complexity index is 2720. The lowest BCUT2D eigenvalue weighted by atomic mass is 9.95. The number of carbonyl (C=O) groups is 5. The van der Waals surface area contributed by atoms with Crippen molar-refractivity contribution in [2.75, 3.05) is 59.6 Å². The average molecular weight is 1020 g/mol. The number of hydrogen-bond donors (Lipinski definition) is 7. The van der Waals surface area contributed by atoms with E-state index in [0.29, 0.717) is 63.3 Å². The Labute approximate surface area is 398 Å². The number of ether oxygens (including phenoxy) is 1. The van der Waals surface area contributed by atoms with Crippen molar-refractivity contribution in [2.45, 2.75) is 37.7 Å². The van der Waals surface area contributed by atoms with Gasteiger partial charge in [-0.15, -0.1) is 23.2 Å². The van der Waals surface area contributed by atoms with E-state index in [-0.39, 0.29) is 66.7 Å². The second-order valence-electron chi connectivity index (χ2n) is 16.0. The zero-order valence-corrected chi connectivity index (χ0v) is 39.3. The standard InChI is InChI=1S/C44H46Cl2N6O14P2/c45-19-27-21-51(34-17-36(65-67(58,59)60)30-7-1-3-9-32(30)41(27)34)39(54)23-50(44(57)64-25-26-12-14-29(15-13-26)49-38(53)11-5-6-16-48-43(47)56)24-40(55)52-22-28(20-46)42-33-10-4-2-8-31(33)37(18-35(42)52)66-68(61,62)63/h1-4,7-10,12-15,17-18,27-28H,5-6,11,16,19-25H2,(H,49,53)(H3,47,48,56)(H2,58,59,60)(H2,61,62,63). The van der Waals surface area contributed by atoms with E-state index in [4.69, 9.17) is 42.7 Å². The number of nitrogens with zero attached hydrogens (tertiary/aromatic N) is 3. The number of nitrogens with two attached hydrogens (primary N) is 1. The van der Waals surface area contributed by atoms with E-state index in [0.717, 1.165) is 4.90 Å². The van der Waals surface area contributed by atoms with Crippen molar-refractivity contribution in [3.05, 3.63) is 102 Å². The van der Waals surface area contributed by atoms with Gasteiger partial charge >= 0.3 is 27.8 Å². The molecule has 0 saturated heterocycles. The third-order valence-electron chi connectivity index (χ3n) is 11.3. The number of phosphoric acid groups is 2. The zero-order chi connectivity index (χ0) is 48.9. The van der Waals surface area contributed by atoms with Crippen LogP contribution in [0.4, 0.5) is 26.7 Å². The van der Waals surface area contributed by atoms with Crippen LogP contribution in [0.15, 0.2) is 84.9 Å². The topological polar surface area (TPSA) is 288 Å². The zero-order valence-electron chi connectivity index (χ0n) is 36.0. The Balaban J connectivity index is 1.16. The van der Waals surface area contributed by atoms with Crippen LogP contribution < -0.4 is 35.2 Å². The van der Waals surface area contributed by atoms with E-state index in [2.05, 4.69) is 10.6 Å². The summed E-state index contributed by atoms with van der Waals surface area (Å²) in [5.41, 5.74) is 7.65. The number of benzene rings is 5. The second-order valence-corrected chi connectivity index (χ2v) is 18.9. The van der Waals surface area contributed by atoms with Gasteiger partial charge in [0.15, 0.2) is 0 Å². The van der Waals surface area contributed by atoms with Crippen molar-refractivity contribution >= 4 is 107 Å². The highest BCUT2D eigenvalue weighted by molar-refractivity contribution is 7.47. The van der Waals surface area contributed by atoms with E-state index in [1.165, 1.54) is 21.9 Å². The highest BCUT2D eigenvalue weighted by Crippen LogP contribution is 2.51. The highest BCUT2D eigenvalue weighted by Gasteiger charge is 2.39. The molecule has 20 nitrogen and oxygen atoms in total. The molecule has 7 rings (SSSR count). The molecule has 0 fully saturated rings. The van der Waals surface area contributed by atoms with Crippen LogP contribution >= 0.6 is 38.8 Å². The van der Waals surface area contributed by atoms with E-state index < -0.39 is 64.5 Å². The molecule has 5 aromatic carbocycles. The van der Waals surface area contributed by atoms with Crippen LogP contribution in [0.3, 0.4) is 0 Å². The molecule has 24 heteroatoms. The van der Waals surface area contributed by atoms with Crippen LogP contribution in [-0.4, -0.2) is 98.8 Å². The lowest BCUT2D eigenvalue weighted by molar-refractivity contribution is -0.122. The Morgan fingerprint density at radius 1 is 0.706 bits per heavy atom. The molecule has 2 heterocycles. The number of urea groups is 1. The van der Waals surface area contributed by atoms with Crippen LogP contribution in [-0.2, 0) is 34.9 Å². The van der Waals surface area contributed by atoms with Crippen LogP contribution in [0.1, 0.15) is 47.8 Å². The monoisotopic (exact) mass is 1010 g/mol. The third-order valence-corrected chi connectivity index (χ3v) is 12.9. The van der Waals surface area contributed by atoms with Gasteiger partial charge in [0.05, 0.1) is 11.4 Å². The molecule has 0 aliphatic carbocycles. The Kier molecular flexibility index (Phi) is 15.5. The number of nitrogens with one attached hydrogen (secondary N) is 2. The molecular formula is C44H46Cl2N6O14P2. The minimum atomic E-state index is -5.08. The smallest absolute Gasteiger partial charge is 0.445 e. The van der Waals surface area contributed by atoms with Crippen molar-refractivity contribution in [3.8, 4) is 11.5 Å². The third kappa shape index (κ3) is 11.8. The normalized spacial score (nSPS) is 15.4. The lowest BCUT2D eigenvalue weighted by Crippen LogP contribution is -2.48. The molecule has 2 aliphatic heterocycles. The van der Waals surface area contributed by atoms with Crippen LogP contribution in [0.5, 0.6) is 11.5 Å².